The Balaban J connectivity index is 1.83. The number of ether oxygens (including phenoxy) is 1. The first-order chi connectivity index (χ1) is 11.8. The van der Waals surface area contributed by atoms with Crippen molar-refractivity contribution < 1.29 is 13.2 Å². The first kappa shape index (κ1) is 18.9. The second-order valence-electron chi connectivity index (χ2n) is 8.09. The van der Waals surface area contributed by atoms with Crippen LogP contribution in [0.1, 0.15) is 45.2 Å². The van der Waals surface area contributed by atoms with Gasteiger partial charge in [0.1, 0.15) is 0 Å². The molecule has 0 bridgehead atoms. The van der Waals surface area contributed by atoms with Gasteiger partial charge in [-0.05, 0) is 44.6 Å². The Morgan fingerprint density at radius 3 is 2.72 bits per heavy atom. The van der Waals surface area contributed by atoms with Crippen molar-refractivity contribution in [1.29, 1.82) is 0 Å². The van der Waals surface area contributed by atoms with Crippen molar-refractivity contribution in [2.24, 2.45) is 11.8 Å². The van der Waals surface area contributed by atoms with Crippen LogP contribution in [0.3, 0.4) is 0 Å². The van der Waals surface area contributed by atoms with Crippen LogP contribution in [0.25, 0.3) is 0 Å². The monoisotopic (exact) mass is 369 g/mol. The first-order valence-electron chi connectivity index (χ1n) is 9.42. The molecule has 0 amide bonds. The molecular weight excluding hydrogens is 338 g/mol. The summed E-state index contributed by atoms with van der Waals surface area (Å²) in [5, 5.41) is 0.239. The van der Waals surface area contributed by atoms with Crippen LogP contribution in [0, 0.1) is 11.8 Å². The Morgan fingerprint density at radius 1 is 1.36 bits per heavy atom. The summed E-state index contributed by atoms with van der Waals surface area (Å²) in [4.78, 5) is 6.56. The number of hydrogen-bond donors (Lipinski definition) is 0. The Kier molecular flexibility index (Phi) is 5.85. The average Bonchev–Trinajstić information content (AvgIpc) is 3.00. The summed E-state index contributed by atoms with van der Waals surface area (Å²) >= 11 is 0. The Labute approximate surface area is 151 Å². The SMILES string of the molecule is CC(C)CN(C)Cc1cnc(S(=O)(=O)CC2CC2)n1C[C@@H]1CCCO1. The smallest absolute Gasteiger partial charge is 0.227 e. The summed E-state index contributed by atoms with van der Waals surface area (Å²) in [6.45, 7) is 7.40. The van der Waals surface area contributed by atoms with E-state index >= 15 is 0 Å². The molecule has 25 heavy (non-hydrogen) atoms. The van der Waals surface area contributed by atoms with Crippen molar-refractivity contribution in [3.8, 4) is 0 Å². The summed E-state index contributed by atoms with van der Waals surface area (Å²) in [5.41, 5.74) is 0.966. The minimum Gasteiger partial charge on any atom is -0.376 e. The van der Waals surface area contributed by atoms with Gasteiger partial charge in [-0.3, -0.25) is 0 Å². The lowest BCUT2D eigenvalue weighted by atomic mass is 10.2. The van der Waals surface area contributed by atoms with E-state index in [2.05, 4.69) is 30.8 Å². The molecule has 1 aliphatic heterocycles. The number of aromatic nitrogens is 2. The Morgan fingerprint density at radius 2 is 2.12 bits per heavy atom. The maximum atomic E-state index is 12.8. The minimum atomic E-state index is -3.33. The van der Waals surface area contributed by atoms with Gasteiger partial charge in [0, 0.05) is 19.7 Å². The number of nitrogens with zero attached hydrogens (tertiary/aromatic N) is 3. The molecule has 2 aliphatic rings. The lowest BCUT2D eigenvalue weighted by Gasteiger charge is -2.21. The van der Waals surface area contributed by atoms with E-state index in [-0.39, 0.29) is 17.0 Å². The maximum Gasteiger partial charge on any atom is 0.227 e. The van der Waals surface area contributed by atoms with Gasteiger partial charge in [-0.1, -0.05) is 13.8 Å². The molecule has 142 valence electrons. The van der Waals surface area contributed by atoms with Crippen LogP contribution in [0.15, 0.2) is 11.4 Å². The molecule has 1 saturated carbocycles. The van der Waals surface area contributed by atoms with Crippen molar-refractivity contribution >= 4 is 9.84 Å². The predicted octanol–water partition coefficient (Wildman–Crippen LogP) is 2.33. The second-order valence-corrected chi connectivity index (χ2v) is 10.0. The molecule has 0 aromatic carbocycles. The third kappa shape index (κ3) is 5.05. The fourth-order valence-electron chi connectivity index (χ4n) is 3.59. The van der Waals surface area contributed by atoms with Crippen molar-refractivity contribution in [1.82, 2.24) is 14.5 Å². The quantitative estimate of drug-likeness (QED) is 0.668. The molecule has 7 heteroatoms. The number of rotatable bonds is 9. The normalized spacial score (nSPS) is 21.6. The van der Waals surface area contributed by atoms with E-state index in [0.717, 1.165) is 44.5 Å². The third-order valence-electron chi connectivity index (χ3n) is 4.85. The number of imidazole rings is 1. The molecule has 0 unspecified atom stereocenters. The number of hydrogen-bond acceptors (Lipinski definition) is 5. The molecule has 1 aliphatic carbocycles. The van der Waals surface area contributed by atoms with E-state index in [1.165, 1.54) is 0 Å². The van der Waals surface area contributed by atoms with Gasteiger partial charge < -0.3 is 14.2 Å². The topological polar surface area (TPSA) is 64.4 Å². The lowest BCUT2D eigenvalue weighted by Crippen LogP contribution is -2.27. The van der Waals surface area contributed by atoms with Gasteiger partial charge in [-0.15, -0.1) is 0 Å². The maximum absolute atomic E-state index is 12.8. The van der Waals surface area contributed by atoms with Crippen LogP contribution in [0.2, 0.25) is 0 Å². The van der Waals surface area contributed by atoms with E-state index < -0.39 is 9.84 Å². The average molecular weight is 370 g/mol. The molecule has 2 heterocycles. The molecule has 6 nitrogen and oxygen atoms in total. The van der Waals surface area contributed by atoms with Gasteiger partial charge >= 0.3 is 0 Å². The zero-order valence-corrected chi connectivity index (χ0v) is 16.5. The van der Waals surface area contributed by atoms with Gasteiger partial charge in [-0.25, -0.2) is 13.4 Å². The van der Waals surface area contributed by atoms with Crippen molar-refractivity contribution in [3.05, 3.63) is 11.9 Å². The van der Waals surface area contributed by atoms with Crippen LogP contribution in [-0.4, -0.2) is 54.9 Å². The minimum absolute atomic E-state index is 0.0956. The van der Waals surface area contributed by atoms with E-state index in [1.54, 1.807) is 6.20 Å². The fraction of sp³-hybridized carbons (Fsp3) is 0.833. The molecule has 3 rings (SSSR count). The molecule has 2 fully saturated rings. The van der Waals surface area contributed by atoms with Crippen LogP contribution in [0.4, 0.5) is 0 Å². The van der Waals surface area contributed by atoms with Crippen LogP contribution >= 0.6 is 0 Å². The van der Waals surface area contributed by atoms with E-state index in [1.807, 2.05) is 4.57 Å². The molecule has 0 N–H and O–H groups in total. The van der Waals surface area contributed by atoms with E-state index in [4.69, 9.17) is 4.74 Å². The lowest BCUT2D eigenvalue weighted by molar-refractivity contribution is 0.0933. The van der Waals surface area contributed by atoms with Gasteiger partial charge in [0.25, 0.3) is 0 Å². The highest BCUT2D eigenvalue weighted by Gasteiger charge is 2.33. The molecule has 0 spiro atoms. The van der Waals surface area contributed by atoms with Crippen molar-refractivity contribution in [2.75, 3.05) is 26.0 Å². The van der Waals surface area contributed by atoms with Gasteiger partial charge in [-0.2, -0.15) is 0 Å². The molecule has 1 aromatic rings. The Hall–Kier alpha value is -0.920. The predicted molar refractivity (Wildman–Crippen MR) is 97.1 cm³/mol. The van der Waals surface area contributed by atoms with Crippen molar-refractivity contribution in [2.45, 2.75) is 63.9 Å². The molecular formula is C18H31N3O3S. The fourth-order valence-corrected chi connectivity index (χ4v) is 5.43. The number of sulfone groups is 1. The molecule has 1 aromatic heterocycles. The van der Waals surface area contributed by atoms with Crippen LogP contribution in [0.5, 0.6) is 0 Å². The molecule has 1 atom stereocenters. The zero-order chi connectivity index (χ0) is 18.0. The highest BCUT2D eigenvalue weighted by molar-refractivity contribution is 7.91. The van der Waals surface area contributed by atoms with Gasteiger partial charge in [0.2, 0.25) is 15.0 Å². The summed E-state index contributed by atoms with van der Waals surface area (Å²) in [7, 11) is -1.26. The summed E-state index contributed by atoms with van der Waals surface area (Å²) < 4.78 is 33.3. The van der Waals surface area contributed by atoms with Gasteiger partial charge in [0.05, 0.1) is 30.3 Å². The third-order valence-corrected chi connectivity index (χ3v) is 6.64. The zero-order valence-electron chi connectivity index (χ0n) is 15.6. The summed E-state index contributed by atoms with van der Waals surface area (Å²) in [6, 6.07) is 0. The molecule has 0 radical (unpaired) electrons. The van der Waals surface area contributed by atoms with Crippen LogP contribution < -0.4 is 0 Å². The Bertz CT molecular complexity index is 674. The van der Waals surface area contributed by atoms with E-state index in [0.29, 0.717) is 24.9 Å². The van der Waals surface area contributed by atoms with Crippen LogP contribution in [-0.2, 0) is 27.7 Å². The van der Waals surface area contributed by atoms with Gasteiger partial charge in [0.15, 0.2) is 0 Å². The molecule has 1 saturated heterocycles. The standard InChI is InChI=1S/C18H31N3O3S/c1-14(2)10-20(3)11-16-9-19-18(25(22,23)13-15-6-7-15)21(16)12-17-5-4-8-24-17/h9,14-15,17H,4-8,10-13H2,1-3H3/t17-/m0/s1. The highest BCUT2D eigenvalue weighted by Crippen LogP contribution is 2.32. The largest absolute Gasteiger partial charge is 0.376 e. The first-order valence-corrected chi connectivity index (χ1v) is 11.1. The second kappa shape index (κ2) is 7.76. The van der Waals surface area contributed by atoms with Crippen molar-refractivity contribution in [3.63, 3.8) is 0 Å². The summed E-state index contributed by atoms with van der Waals surface area (Å²) in [6.07, 6.45) is 5.92. The highest BCUT2D eigenvalue weighted by atomic mass is 32.2. The summed E-state index contributed by atoms with van der Waals surface area (Å²) in [5.74, 6) is 1.12. The van der Waals surface area contributed by atoms with E-state index in [9.17, 15) is 8.42 Å².